The number of hydrogen-bond donors (Lipinski definition) is 2. The maximum Gasteiger partial charge on any atom is 0.279 e. The van der Waals surface area contributed by atoms with Crippen LogP contribution in [0.3, 0.4) is 0 Å². The molecule has 0 bridgehead atoms. The number of benzene rings is 2. The maximum absolute atomic E-state index is 13.0. The Morgan fingerprint density at radius 1 is 1.23 bits per heavy atom. The number of rotatable bonds is 5. The van der Waals surface area contributed by atoms with Crippen LogP contribution < -0.4 is 15.6 Å². The molecule has 0 unspecified atom stereocenters. The number of ether oxygens (including phenoxy) is 1. The van der Waals surface area contributed by atoms with E-state index < -0.39 is 5.92 Å². The Kier molecular flexibility index (Phi) is 5.73. The normalized spacial score (nSPS) is 15.3. The molecule has 1 aliphatic rings. The van der Waals surface area contributed by atoms with Crippen LogP contribution in [-0.2, 0) is 17.6 Å². The summed E-state index contributed by atoms with van der Waals surface area (Å²) in [5.74, 6) is 0.757. The van der Waals surface area contributed by atoms with Gasteiger partial charge in [0, 0.05) is 25.1 Å². The van der Waals surface area contributed by atoms with E-state index in [0.717, 1.165) is 5.56 Å². The number of carbonyl (C=O) groups is 1. The average molecular weight is 438 g/mol. The standard InChI is InChI=1S/C23H23N3O4S/c1-13-4-6-14(7-5-13)12-31-23-25-22(29)20-16(11-19(28)24-21(20)26(23)2)15-8-9-17(27)18(10-15)30-3/h4-10,16,27H,11-12H2,1-3H3,(H,24,28)/t16-/m1/s1. The van der Waals surface area contributed by atoms with E-state index in [4.69, 9.17) is 4.74 Å². The van der Waals surface area contributed by atoms with E-state index in [1.807, 2.05) is 19.1 Å². The minimum atomic E-state index is -0.472. The van der Waals surface area contributed by atoms with E-state index >= 15 is 0 Å². The number of aromatic nitrogens is 2. The Morgan fingerprint density at radius 2 is 1.97 bits per heavy atom. The smallest absolute Gasteiger partial charge is 0.279 e. The first-order valence-corrected chi connectivity index (χ1v) is 10.8. The Balaban J connectivity index is 1.71. The van der Waals surface area contributed by atoms with Crippen LogP contribution in [0.15, 0.2) is 52.4 Å². The molecule has 1 aliphatic heterocycles. The maximum atomic E-state index is 13.0. The van der Waals surface area contributed by atoms with Crippen LogP contribution in [0, 0.1) is 6.92 Å². The quantitative estimate of drug-likeness (QED) is 0.468. The molecule has 2 aromatic carbocycles. The molecule has 2 N–H and O–H groups in total. The molecular weight excluding hydrogens is 414 g/mol. The number of nitrogens with one attached hydrogen (secondary N) is 1. The number of hydrogen-bond acceptors (Lipinski definition) is 6. The lowest BCUT2D eigenvalue weighted by Gasteiger charge is -2.27. The molecule has 0 saturated carbocycles. The molecule has 3 aromatic rings. The van der Waals surface area contributed by atoms with Gasteiger partial charge in [0.15, 0.2) is 16.7 Å². The SMILES string of the molecule is COc1cc([C@H]2CC(=O)Nc3c2c(=O)nc(SCc2ccc(C)cc2)n3C)ccc1O. The summed E-state index contributed by atoms with van der Waals surface area (Å²) in [5, 5.41) is 13.3. The molecule has 160 valence electrons. The summed E-state index contributed by atoms with van der Waals surface area (Å²) in [6.45, 7) is 2.04. The minimum absolute atomic E-state index is 0.000570. The van der Waals surface area contributed by atoms with Crippen molar-refractivity contribution in [1.29, 1.82) is 0 Å². The largest absolute Gasteiger partial charge is 0.504 e. The molecule has 4 rings (SSSR count). The van der Waals surface area contributed by atoms with Crippen LogP contribution >= 0.6 is 11.8 Å². The summed E-state index contributed by atoms with van der Waals surface area (Å²) in [4.78, 5) is 29.8. The third kappa shape index (κ3) is 4.16. The van der Waals surface area contributed by atoms with Crippen LogP contribution in [0.1, 0.15) is 34.6 Å². The molecular formula is C23H23N3O4S. The summed E-state index contributed by atoms with van der Waals surface area (Å²) in [6, 6.07) is 13.1. The Hall–Kier alpha value is -3.26. The average Bonchev–Trinajstić information content (AvgIpc) is 2.76. The third-order valence-electron chi connectivity index (χ3n) is 5.40. The number of phenols is 1. The highest BCUT2D eigenvalue weighted by Gasteiger charge is 2.32. The van der Waals surface area contributed by atoms with E-state index in [2.05, 4.69) is 22.4 Å². The fourth-order valence-electron chi connectivity index (χ4n) is 3.69. The lowest BCUT2D eigenvalue weighted by Crippen LogP contribution is -2.33. The Labute approximate surface area is 184 Å². The molecule has 0 saturated heterocycles. The van der Waals surface area contributed by atoms with Crippen LogP contribution in [0.5, 0.6) is 11.5 Å². The molecule has 1 amide bonds. The Morgan fingerprint density at radius 3 is 2.68 bits per heavy atom. The monoisotopic (exact) mass is 437 g/mol. The van der Waals surface area contributed by atoms with Gasteiger partial charge in [0.25, 0.3) is 5.56 Å². The van der Waals surface area contributed by atoms with Crippen molar-refractivity contribution in [2.75, 3.05) is 12.4 Å². The van der Waals surface area contributed by atoms with Gasteiger partial charge in [-0.15, -0.1) is 0 Å². The van der Waals surface area contributed by atoms with E-state index in [1.165, 1.54) is 30.5 Å². The molecule has 2 heterocycles. The first-order chi connectivity index (χ1) is 14.9. The van der Waals surface area contributed by atoms with Crippen LogP contribution in [0.4, 0.5) is 5.82 Å². The Bertz CT molecular complexity index is 1200. The van der Waals surface area contributed by atoms with Gasteiger partial charge in [-0.1, -0.05) is 47.7 Å². The number of thioether (sulfide) groups is 1. The van der Waals surface area contributed by atoms with E-state index in [-0.39, 0.29) is 23.6 Å². The first-order valence-electron chi connectivity index (χ1n) is 9.83. The molecule has 1 atom stereocenters. The topological polar surface area (TPSA) is 93.5 Å². The van der Waals surface area contributed by atoms with Crippen molar-refractivity contribution in [3.05, 3.63) is 75.1 Å². The molecule has 8 heteroatoms. The van der Waals surface area contributed by atoms with Crippen LogP contribution in [0.25, 0.3) is 0 Å². The highest BCUT2D eigenvalue weighted by molar-refractivity contribution is 7.98. The van der Waals surface area contributed by atoms with Gasteiger partial charge in [-0.2, -0.15) is 4.98 Å². The van der Waals surface area contributed by atoms with Gasteiger partial charge in [0.2, 0.25) is 5.91 Å². The number of methoxy groups -OCH3 is 1. The highest BCUT2D eigenvalue weighted by atomic mass is 32.2. The van der Waals surface area contributed by atoms with Crippen molar-refractivity contribution >= 4 is 23.5 Å². The molecule has 31 heavy (non-hydrogen) atoms. The van der Waals surface area contributed by atoms with Gasteiger partial charge < -0.3 is 19.7 Å². The summed E-state index contributed by atoms with van der Waals surface area (Å²) >= 11 is 1.45. The minimum Gasteiger partial charge on any atom is -0.504 e. The predicted octanol–water partition coefficient (Wildman–Crippen LogP) is 3.57. The molecule has 7 nitrogen and oxygen atoms in total. The number of phenolic OH excluding ortho intramolecular Hbond substituents is 1. The fourth-order valence-corrected chi connectivity index (χ4v) is 4.61. The number of carbonyl (C=O) groups excluding carboxylic acids is 1. The van der Waals surface area contributed by atoms with E-state index in [9.17, 15) is 14.7 Å². The van der Waals surface area contributed by atoms with Crippen molar-refractivity contribution < 1.29 is 14.6 Å². The zero-order valence-electron chi connectivity index (χ0n) is 17.5. The van der Waals surface area contributed by atoms with E-state index in [1.54, 1.807) is 23.7 Å². The zero-order valence-corrected chi connectivity index (χ0v) is 18.3. The van der Waals surface area contributed by atoms with Crippen molar-refractivity contribution in [2.45, 2.75) is 30.2 Å². The van der Waals surface area contributed by atoms with Crippen LogP contribution in [0.2, 0.25) is 0 Å². The van der Waals surface area contributed by atoms with Gasteiger partial charge in [0.05, 0.1) is 12.7 Å². The summed E-state index contributed by atoms with van der Waals surface area (Å²) in [5.41, 5.74) is 3.10. The fraction of sp³-hybridized carbons (Fsp3) is 0.261. The summed E-state index contributed by atoms with van der Waals surface area (Å²) < 4.78 is 6.95. The second-order valence-electron chi connectivity index (χ2n) is 7.53. The molecule has 1 aromatic heterocycles. The van der Waals surface area contributed by atoms with Gasteiger partial charge in [-0.25, -0.2) is 0 Å². The van der Waals surface area contributed by atoms with Gasteiger partial charge >= 0.3 is 0 Å². The van der Waals surface area contributed by atoms with E-state index in [0.29, 0.717) is 33.6 Å². The number of aryl methyl sites for hydroxylation is 1. The molecule has 0 aliphatic carbocycles. The molecule has 0 spiro atoms. The van der Waals surface area contributed by atoms with Crippen molar-refractivity contribution in [3.8, 4) is 11.5 Å². The zero-order chi connectivity index (χ0) is 22.1. The number of anilines is 1. The first kappa shape index (κ1) is 21.0. The number of nitrogens with zero attached hydrogens (tertiary/aromatic N) is 2. The lowest BCUT2D eigenvalue weighted by atomic mass is 9.86. The van der Waals surface area contributed by atoms with Crippen molar-refractivity contribution in [3.63, 3.8) is 0 Å². The van der Waals surface area contributed by atoms with Crippen molar-refractivity contribution in [1.82, 2.24) is 9.55 Å². The van der Waals surface area contributed by atoms with Gasteiger partial charge in [-0.05, 0) is 30.2 Å². The predicted molar refractivity (Wildman–Crippen MR) is 120 cm³/mol. The van der Waals surface area contributed by atoms with Gasteiger partial charge in [-0.3, -0.25) is 9.59 Å². The molecule has 0 radical (unpaired) electrons. The van der Waals surface area contributed by atoms with Gasteiger partial charge in [0.1, 0.15) is 5.82 Å². The third-order valence-corrected chi connectivity index (χ3v) is 6.50. The summed E-state index contributed by atoms with van der Waals surface area (Å²) in [6.07, 6.45) is 0.119. The molecule has 0 fully saturated rings. The lowest BCUT2D eigenvalue weighted by molar-refractivity contribution is -0.116. The number of fused-ring (bicyclic) bond motifs is 1. The highest BCUT2D eigenvalue weighted by Crippen LogP contribution is 2.39. The number of aromatic hydroxyl groups is 1. The van der Waals surface area contributed by atoms with Crippen LogP contribution in [-0.4, -0.2) is 27.7 Å². The number of amides is 1. The second kappa shape index (κ2) is 8.47. The van der Waals surface area contributed by atoms with Crippen molar-refractivity contribution in [2.24, 2.45) is 7.05 Å². The second-order valence-corrected chi connectivity index (χ2v) is 8.47. The summed E-state index contributed by atoms with van der Waals surface area (Å²) in [7, 11) is 3.25.